The molecule has 0 radical (unpaired) electrons. The third-order valence-electron chi connectivity index (χ3n) is 3.01. The molecule has 0 N–H and O–H groups in total. The van der Waals surface area contributed by atoms with E-state index < -0.39 is 41.7 Å². The molecule has 100 valence electrons. The molecule has 1 aliphatic rings. The van der Waals surface area contributed by atoms with E-state index in [4.69, 9.17) is 0 Å². The molecule has 19 heavy (non-hydrogen) atoms. The fraction of sp³-hybridized carbons (Fsp3) is 0.308. The molecular weight excluding hydrogens is 256 g/mol. The summed E-state index contributed by atoms with van der Waals surface area (Å²) in [4.78, 5) is 35.8. The van der Waals surface area contributed by atoms with Gasteiger partial charge in [-0.25, -0.2) is 8.78 Å². The van der Waals surface area contributed by atoms with Crippen LogP contribution < -0.4 is 0 Å². The first-order chi connectivity index (χ1) is 8.90. The van der Waals surface area contributed by atoms with E-state index in [1.165, 1.54) is 0 Å². The quantitative estimate of drug-likeness (QED) is 0.616. The minimum absolute atomic E-state index is 0.0703. The molecule has 1 aromatic rings. The second-order valence-corrected chi connectivity index (χ2v) is 4.48. The molecule has 0 saturated carbocycles. The van der Waals surface area contributed by atoms with Gasteiger partial charge >= 0.3 is 0 Å². The Labute approximate surface area is 108 Å². The van der Waals surface area contributed by atoms with Crippen molar-refractivity contribution in [2.45, 2.75) is 13.3 Å². The van der Waals surface area contributed by atoms with Crippen molar-refractivity contribution in [1.82, 2.24) is 4.90 Å². The standard InChI is InChI=1S/C13H11F2NO3/c1-7-4-12(18)16(13(7)19)6-11(17)8-2-3-9(14)10(15)5-8/h2-3,5,7H,4,6H2,1H3. The number of likely N-dealkylation sites (tertiary alicyclic amines) is 1. The maximum absolute atomic E-state index is 13.0. The smallest absolute Gasteiger partial charge is 0.232 e. The highest BCUT2D eigenvalue weighted by Crippen LogP contribution is 2.19. The molecule has 1 fully saturated rings. The fourth-order valence-electron chi connectivity index (χ4n) is 1.92. The molecular formula is C13H11F2NO3. The highest BCUT2D eigenvalue weighted by atomic mass is 19.2. The lowest BCUT2D eigenvalue weighted by Gasteiger charge is -2.13. The average molecular weight is 267 g/mol. The molecule has 2 amide bonds. The number of carbonyl (C=O) groups excluding carboxylic acids is 3. The van der Waals surface area contributed by atoms with Crippen LogP contribution in [0, 0.1) is 17.6 Å². The van der Waals surface area contributed by atoms with E-state index in [9.17, 15) is 23.2 Å². The highest BCUT2D eigenvalue weighted by molar-refractivity contribution is 6.08. The van der Waals surface area contributed by atoms with Crippen LogP contribution in [0.4, 0.5) is 8.78 Å². The molecule has 0 aliphatic carbocycles. The zero-order valence-corrected chi connectivity index (χ0v) is 10.2. The summed E-state index contributed by atoms with van der Waals surface area (Å²) in [6.07, 6.45) is 0.0733. The predicted octanol–water partition coefficient (Wildman–Crippen LogP) is 1.54. The second-order valence-electron chi connectivity index (χ2n) is 4.48. The van der Waals surface area contributed by atoms with Crippen LogP contribution in [0.25, 0.3) is 0 Å². The highest BCUT2D eigenvalue weighted by Gasteiger charge is 2.36. The number of carbonyl (C=O) groups is 3. The Morgan fingerprint density at radius 2 is 2.00 bits per heavy atom. The van der Waals surface area contributed by atoms with Crippen molar-refractivity contribution in [3.8, 4) is 0 Å². The van der Waals surface area contributed by atoms with Crippen molar-refractivity contribution in [3.63, 3.8) is 0 Å². The number of rotatable bonds is 3. The van der Waals surface area contributed by atoms with Crippen LogP contribution in [0.1, 0.15) is 23.7 Å². The SMILES string of the molecule is CC1CC(=O)N(CC(=O)c2ccc(F)c(F)c2)C1=O. The lowest BCUT2D eigenvalue weighted by molar-refractivity contribution is -0.138. The normalized spacial score (nSPS) is 19.1. The molecule has 0 aromatic heterocycles. The molecule has 1 aromatic carbocycles. The van der Waals surface area contributed by atoms with Crippen LogP contribution in [-0.2, 0) is 9.59 Å². The Bertz CT molecular complexity index is 571. The topological polar surface area (TPSA) is 54.5 Å². The van der Waals surface area contributed by atoms with Crippen LogP contribution in [-0.4, -0.2) is 29.0 Å². The van der Waals surface area contributed by atoms with Gasteiger partial charge in [-0.05, 0) is 18.2 Å². The Morgan fingerprint density at radius 1 is 1.32 bits per heavy atom. The summed E-state index contributed by atoms with van der Waals surface area (Å²) in [6.45, 7) is 1.16. The molecule has 1 atom stereocenters. The van der Waals surface area contributed by atoms with Gasteiger partial charge in [0.15, 0.2) is 17.4 Å². The van der Waals surface area contributed by atoms with Gasteiger partial charge in [0.2, 0.25) is 11.8 Å². The van der Waals surface area contributed by atoms with Gasteiger partial charge in [0.05, 0.1) is 6.54 Å². The Kier molecular flexibility index (Phi) is 3.42. The summed E-state index contributed by atoms with van der Waals surface area (Å²) in [5, 5.41) is 0. The molecule has 1 unspecified atom stereocenters. The number of hydrogen-bond donors (Lipinski definition) is 0. The second kappa shape index (κ2) is 4.87. The average Bonchev–Trinajstić information content (AvgIpc) is 2.59. The maximum atomic E-state index is 13.0. The Balaban J connectivity index is 2.15. The molecule has 1 heterocycles. The molecule has 1 saturated heterocycles. The first-order valence-corrected chi connectivity index (χ1v) is 5.72. The number of halogens is 2. The number of imide groups is 1. The van der Waals surface area contributed by atoms with Gasteiger partial charge < -0.3 is 0 Å². The first-order valence-electron chi connectivity index (χ1n) is 5.72. The zero-order valence-electron chi connectivity index (χ0n) is 10.2. The van der Waals surface area contributed by atoms with Crippen molar-refractivity contribution in [3.05, 3.63) is 35.4 Å². The van der Waals surface area contributed by atoms with E-state index in [2.05, 4.69) is 0 Å². The third-order valence-corrected chi connectivity index (χ3v) is 3.01. The van der Waals surface area contributed by atoms with Crippen LogP contribution in [0.5, 0.6) is 0 Å². The van der Waals surface area contributed by atoms with Crippen molar-refractivity contribution in [1.29, 1.82) is 0 Å². The van der Waals surface area contributed by atoms with E-state index in [0.29, 0.717) is 0 Å². The number of benzene rings is 1. The molecule has 0 spiro atoms. The number of amides is 2. The van der Waals surface area contributed by atoms with E-state index in [1.54, 1.807) is 6.92 Å². The summed E-state index contributed by atoms with van der Waals surface area (Å²) >= 11 is 0. The Hall–Kier alpha value is -2.11. The lowest BCUT2D eigenvalue weighted by Crippen LogP contribution is -2.35. The van der Waals surface area contributed by atoms with Gasteiger partial charge in [0.25, 0.3) is 0 Å². The van der Waals surface area contributed by atoms with Gasteiger partial charge in [-0.3, -0.25) is 19.3 Å². The van der Waals surface area contributed by atoms with Gasteiger partial charge in [0.1, 0.15) is 0 Å². The van der Waals surface area contributed by atoms with Crippen molar-refractivity contribution < 1.29 is 23.2 Å². The van der Waals surface area contributed by atoms with Crippen LogP contribution in [0.2, 0.25) is 0 Å². The minimum atomic E-state index is -1.14. The summed E-state index contributed by atoms with van der Waals surface area (Å²) in [5.74, 6) is -4.08. The van der Waals surface area contributed by atoms with Crippen molar-refractivity contribution in [2.75, 3.05) is 6.54 Å². The number of nitrogens with zero attached hydrogens (tertiary/aromatic N) is 1. The number of ketones is 1. The zero-order chi connectivity index (χ0) is 14.2. The summed E-state index contributed by atoms with van der Waals surface area (Å²) in [6, 6.07) is 2.71. The fourth-order valence-corrected chi connectivity index (χ4v) is 1.92. The van der Waals surface area contributed by atoms with E-state index in [0.717, 1.165) is 23.1 Å². The summed E-state index contributed by atoms with van der Waals surface area (Å²) in [5.41, 5.74) is -0.0703. The van der Waals surface area contributed by atoms with E-state index in [-0.39, 0.29) is 12.0 Å². The molecule has 4 nitrogen and oxygen atoms in total. The van der Waals surface area contributed by atoms with Gasteiger partial charge in [0, 0.05) is 17.9 Å². The minimum Gasteiger partial charge on any atom is -0.292 e. The van der Waals surface area contributed by atoms with E-state index in [1.807, 2.05) is 0 Å². The number of Topliss-reactive ketones (excluding diaryl/α,β-unsaturated/α-hetero) is 1. The monoisotopic (exact) mass is 267 g/mol. The van der Waals surface area contributed by atoms with Crippen molar-refractivity contribution in [2.24, 2.45) is 5.92 Å². The molecule has 2 rings (SSSR count). The maximum Gasteiger partial charge on any atom is 0.232 e. The van der Waals surface area contributed by atoms with Gasteiger partial charge in [-0.1, -0.05) is 6.92 Å². The van der Waals surface area contributed by atoms with Crippen LogP contribution in [0.3, 0.4) is 0 Å². The van der Waals surface area contributed by atoms with Gasteiger partial charge in [-0.15, -0.1) is 0 Å². The molecule has 0 bridgehead atoms. The molecule has 1 aliphatic heterocycles. The largest absolute Gasteiger partial charge is 0.292 e. The number of hydrogen-bond acceptors (Lipinski definition) is 3. The molecule has 6 heteroatoms. The third kappa shape index (κ3) is 2.52. The van der Waals surface area contributed by atoms with Crippen LogP contribution >= 0.6 is 0 Å². The lowest BCUT2D eigenvalue weighted by atomic mass is 10.1. The Morgan fingerprint density at radius 3 is 2.53 bits per heavy atom. The van der Waals surface area contributed by atoms with Gasteiger partial charge in [-0.2, -0.15) is 0 Å². The van der Waals surface area contributed by atoms with Crippen molar-refractivity contribution >= 4 is 17.6 Å². The summed E-state index contributed by atoms with van der Waals surface area (Å²) in [7, 11) is 0. The first kappa shape index (κ1) is 13.3. The predicted molar refractivity (Wildman–Crippen MR) is 61.2 cm³/mol. The van der Waals surface area contributed by atoms with E-state index >= 15 is 0 Å². The van der Waals surface area contributed by atoms with Crippen LogP contribution in [0.15, 0.2) is 18.2 Å². The summed E-state index contributed by atoms with van der Waals surface area (Å²) < 4.78 is 25.7.